The largest absolute Gasteiger partial charge is 0.504 e. The molecule has 0 unspecified atom stereocenters. The normalized spacial score (nSPS) is 19.2. The first-order chi connectivity index (χ1) is 14.7. The zero-order chi connectivity index (χ0) is 22.7. The Morgan fingerprint density at radius 3 is 2.26 bits per heavy atom. The van der Waals surface area contributed by atoms with Gasteiger partial charge >= 0.3 is 5.97 Å². The van der Waals surface area contributed by atoms with E-state index in [1.165, 1.54) is 20.3 Å². The molecule has 8 heteroatoms. The van der Waals surface area contributed by atoms with Crippen LogP contribution in [0.2, 0.25) is 0 Å². The number of methoxy groups -OCH3 is 2. The molecule has 168 valence electrons. The second-order valence-electron chi connectivity index (χ2n) is 7.79. The molecule has 1 saturated heterocycles. The number of phenolic OH excluding ortho intramolecular Hbond substituents is 2. The summed E-state index contributed by atoms with van der Waals surface area (Å²) in [5, 5.41) is 31.3. The SMILES string of the molecule is COc1cc(C[C@@H]2C(=O)OC[C@H]2[C@H](O)c2ccc(OC(C)C)c(O)c2)cc(OC)c1O. The first kappa shape index (κ1) is 22.6. The molecule has 1 aliphatic heterocycles. The third-order valence-corrected chi connectivity index (χ3v) is 5.33. The van der Waals surface area contributed by atoms with Crippen molar-refractivity contribution in [2.45, 2.75) is 32.5 Å². The zero-order valence-electron chi connectivity index (χ0n) is 18.0. The number of benzene rings is 2. The maximum Gasteiger partial charge on any atom is 0.309 e. The summed E-state index contributed by atoms with van der Waals surface area (Å²) in [7, 11) is 2.85. The number of esters is 1. The Kier molecular flexibility index (Phi) is 6.80. The molecule has 3 N–H and O–H groups in total. The quantitative estimate of drug-likeness (QED) is 0.546. The molecule has 3 rings (SSSR count). The van der Waals surface area contributed by atoms with Gasteiger partial charge in [-0.25, -0.2) is 0 Å². The molecule has 1 heterocycles. The van der Waals surface area contributed by atoms with E-state index < -0.39 is 23.9 Å². The van der Waals surface area contributed by atoms with Gasteiger partial charge in [-0.3, -0.25) is 4.79 Å². The van der Waals surface area contributed by atoms with Crippen LogP contribution in [0.5, 0.6) is 28.7 Å². The lowest BCUT2D eigenvalue weighted by Gasteiger charge is -2.23. The van der Waals surface area contributed by atoms with Crippen LogP contribution in [0.1, 0.15) is 31.1 Å². The lowest BCUT2D eigenvalue weighted by atomic mass is 9.83. The minimum Gasteiger partial charge on any atom is -0.504 e. The van der Waals surface area contributed by atoms with Gasteiger partial charge in [0.25, 0.3) is 0 Å². The maximum absolute atomic E-state index is 12.4. The van der Waals surface area contributed by atoms with E-state index in [9.17, 15) is 20.1 Å². The van der Waals surface area contributed by atoms with Gasteiger partial charge in [0.05, 0.1) is 39.0 Å². The number of carbonyl (C=O) groups excluding carboxylic acids is 1. The van der Waals surface area contributed by atoms with Crippen LogP contribution in [-0.2, 0) is 16.0 Å². The molecule has 8 nitrogen and oxygen atoms in total. The maximum atomic E-state index is 12.4. The van der Waals surface area contributed by atoms with Gasteiger partial charge in [-0.1, -0.05) is 6.07 Å². The van der Waals surface area contributed by atoms with E-state index in [1.54, 1.807) is 24.3 Å². The summed E-state index contributed by atoms with van der Waals surface area (Å²) in [6.07, 6.45) is -0.879. The molecule has 0 aromatic heterocycles. The summed E-state index contributed by atoms with van der Waals surface area (Å²) in [6.45, 7) is 3.76. The fraction of sp³-hybridized carbons (Fsp3) is 0.435. The number of phenols is 2. The predicted molar refractivity (Wildman–Crippen MR) is 112 cm³/mol. The molecule has 1 fully saturated rings. The van der Waals surface area contributed by atoms with E-state index in [-0.39, 0.29) is 42.1 Å². The van der Waals surface area contributed by atoms with Crippen molar-refractivity contribution in [2.24, 2.45) is 11.8 Å². The number of aliphatic hydroxyl groups is 1. The van der Waals surface area contributed by atoms with Gasteiger partial charge in [-0.15, -0.1) is 0 Å². The summed E-state index contributed by atoms with van der Waals surface area (Å²) >= 11 is 0. The van der Waals surface area contributed by atoms with Gasteiger partial charge in [0.15, 0.2) is 23.0 Å². The second-order valence-corrected chi connectivity index (χ2v) is 7.79. The second kappa shape index (κ2) is 9.34. The molecule has 0 amide bonds. The first-order valence-electron chi connectivity index (χ1n) is 10.0. The smallest absolute Gasteiger partial charge is 0.309 e. The standard InChI is InChI=1S/C23H28O8/c1-12(2)31-18-6-5-14(10-17(18)24)21(25)16-11-30-23(27)15(16)7-13-8-19(28-3)22(26)20(9-13)29-4/h5-6,8-10,12,15-16,21,24-26H,7,11H2,1-4H3/t15-,16+,21+/m0/s1. The summed E-state index contributed by atoms with van der Waals surface area (Å²) in [4.78, 5) is 12.4. The van der Waals surface area contributed by atoms with E-state index in [1.807, 2.05) is 13.8 Å². The number of hydrogen-bond acceptors (Lipinski definition) is 8. The number of rotatable bonds is 8. The van der Waals surface area contributed by atoms with Crippen LogP contribution < -0.4 is 14.2 Å². The number of aliphatic hydroxyl groups excluding tert-OH is 1. The summed E-state index contributed by atoms with van der Waals surface area (Å²) < 4.78 is 21.1. The van der Waals surface area contributed by atoms with Crippen molar-refractivity contribution in [1.29, 1.82) is 0 Å². The van der Waals surface area contributed by atoms with Gasteiger partial charge in [0, 0.05) is 5.92 Å². The Bertz CT molecular complexity index is 914. The molecule has 3 atom stereocenters. The lowest BCUT2D eigenvalue weighted by Crippen LogP contribution is -2.24. The van der Waals surface area contributed by atoms with Gasteiger partial charge in [-0.05, 0) is 55.7 Å². The highest BCUT2D eigenvalue weighted by molar-refractivity contribution is 5.75. The molecule has 2 aromatic carbocycles. The fourth-order valence-corrected chi connectivity index (χ4v) is 3.76. The van der Waals surface area contributed by atoms with Crippen LogP contribution in [0.25, 0.3) is 0 Å². The summed E-state index contributed by atoms with van der Waals surface area (Å²) in [6, 6.07) is 7.94. The lowest BCUT2D eigenvalue weighted by molar-refractivity contribution is -0.141. The van der Waals surface area contributed by atoms with Gasteiger partial charge in [-0.2, -0.15) is 0 Å². The molecule has 0 spiro atoms. The van der Waals surface area contributed by atoms with Crippen LogP contribution >= 0.6 is 0 Å². The molecule has 2 aromatic rings. The first-order valence-corrected chi connectivity index (χ1v) is 10.0. The van der Waals surface area contributed by atoms with E-state index >= 15 is 0 Å². The van der Waals surface area contributed by atoms with Crippen LogP contribution in [0.15, 0.2) is 30.3 Å². The number of ether oxygens (including phenoxy) is 4. The molecular formula is C23H28O8. The monoisotopic (exact) mass is 432 g/mol. The Morgan fingerprint density at radius 2 is 1.71 bits per heavy atom. The van der Waals surface area contributed by atoms with Crippen molar-refractivity contribution in [1.82, 2.24) is 0 Å². The Balaban J connectivity index is 1.84. The average molecular weight is 432 g/mol. The van der Waals surface area contributed by atoms with Crippen molar-refractivity contribution in [3.05, 3.63) is 41.5 Å². The van der Waals surface area contributed by atoms with Crippen LogP contribution in [0.3, 0.4) is 0 Å². The van der Waals surface area contributed by atoms with Gasteiger partial charge in [0.2, 0.25) is 5.75 Å². The van der Waals surface area contributed by atoms with E-state index in [2.05, 4.69) is 0 Å². The molecule has 0 radical (unpaired) electrons. The Hall–Kier alpha value is -3.13. The van der Waals surface area contributed by atoms with E-state index in [4.69, 9.17) is 18.9 Å². The number of hydrogen-bond donors (Lipinski definition) is 3. The zero-order valence-corrected chi connectivity index (χ0v) is 18.0. The number of carbonyl (C=O) groups is 1. The van der Waals surface area contributed by atoms with Gasteiger partial charge in [0.1, 0.15) is 0 Å². The summed E-state index contributed by atoms with van der Waals surface area (Å²) in [5.41, 5.74) is 1.15. The van der Waals surface area contributed by atoms with Crippen molar-refractivity contribution in [3.63, 3.8) is 0 Å². The molecule has 0 saturated carbocycles. The fourth-order valence-electron chi connectivity index (χ4n) is 3.76. The van der Waals surface area contributed by atoms with E-state index in [0.717, 1.165) is 0 Å². The minimum absolute atomic E-state index is 0.0576. The Labute approximate surface area is 180 Å². The van der Waals surface area contributed by atoms with Crippen LogP contribution in [0.4, 0.5) is 0 Å². The van der Waals surface area contributed by atoms with Gasteiger partial charge < -0.3 is 34.3 Å². The highest BCUT2D eigenvalue weighted by Gasteiger charge is 2.42. The molecule has 31 heavy (non-hydrogen) atoms. The van der Waals surface area contributed by atoms with Crippen LogP contribution in [0, 0.1) is 11.8 Å². The summed E-state index contributed by atoms with van der Waals surface area (Å²) in [5.74, 6) is -0.994. The Morgan fingerprint density at radius 1 is 1.06 bits per heavy atom. The van der Waals surface area contributed by atoms with Crippen molar-refractivity contribution < 1.29 is 39.1 Å². The van der Waals surface area contributed by atoms with Crippen molar-refractivity contribution >= 4 is 5.97 Å². The van der Waals surface area contributed by atoms with E-state index in [0.29, 0.717) is 16.9 Å². The van der Waals surface area contributed by atoms with Crippen LogP contribution in [-0.4, -0.2) is 48.2 Å². The third kappa shape index (κ3) is 4.80. The highest BCUT2D eigenvalue weighted by Crippen LogP contribution is 2.41. The molecule has 0 bridgehead atoms. The molecular weight excluding hydrogens is 404 g/mol. The number of aromatic hydroxyl groups is 2. The average Bonchev–Trinajstić information content (AvgIpc) is 3.09. The highest BCUT2D eigenvalue weighted by atomic mass is 16.5. The molecule has 0 aliphatic carbocycles. The topological polar surface area (TPSA) is 115 Å². The minimum atomic E-state index is -1.03. The third-order valence-electron chi connectivity index (χ3n) is 5.33. The van der Waals surface area contributed by atoms with Crippen molar-refractivity contribution in [3.8, 4) is 28.7 Å². The predicted octanol–water partition coefficient (Wildman–Crippen LogP) is 2.97. The number of cyclic esters (lactones) is 1. The van der Waals surface area contributed by atoms with Crippen molar-refractivity contribution in [2.75, 3.05) is 20.8 Å². The molecule has 1 aliphatic rings.